The predicted molar refractivity (Wildman–Crippen MR) is 95.1 cm³/mol. The van der Waals surface area contributed by atoms with Gasteiger partial charge in [-0.25, -0.2) is 0 Å². The molecule has 2 rings (SSSR count). The first-order chi connectivity index (χ1) is 9.93. The van der Waals surface area contributed by atoms with Gasteiger partial charge in [-0.15, -0.1) is 0 Å². The van der Waals surface area contributed by atoms with Gasteiger partial charge in [0.1, 0.15) is 0 Å². The van der Waals surface area contributed by atoms with Gasteiger partial charge in [0.2, 0.25) is 0 Å². The minimum Gasteiger partial charge on any atom is -0.369 e. The van der Waals surface area contributed by atoms with Gasteiger partial charge in [-0.3, -0.25) is 0 Å². The second-order valence-electron chi connectivity index (χ2n) is 6.40. The Bertz CT molecular complexity index is 475. The molecule has 0 spiro atoms. The molecule has 3 unspecified atom stereocenters. The largest absolute Gasteiger partial charge is 0.369 e. The van der Waals surface area contributed by atoms with Gasteiger partial charge in [0, 0.05) is 35.3 Å². The first kappa shape index (κ1) is 16.8. The van der Waals surface area contributed by atoms with Gasteiger partial charge in [0.25, 0.3) is 0 Å². The number of halogens is 1. The Hall–Kier alpha value is -0.580. The van der Waals surface area contributed by atoms with Crippen LogP contribution in [0.5, 0.6) is 0 Å². The van der Waals surface area contributed by atoms with Gasteiger partial charge >= 0.3 is 0 Å². The lowest BCUT2D eigenvalue weighted by molar-refractivity contribution is 0.266. The summed E-state index contributed by atoms with van der Waals surface area (Å²) in [5.41, 5.74) is 2.76. The van der Waals surface area contributed by atoms with Gasteiger partial charge in [-0.1, -0.05) is 29.8 Å². The Labute approximate surface area is 137 Å². The molecule has 1 aliphatic rings. The van der Waals surface area contributed by atoms with Crippen LogP contribution in [0.25, 0.3) is 0 Å². The SMILES string of the molecule is CCNC(C)c1cc(Br)ccc1N1CC(C)C(N(C)C)C1. The molecule has 1 N–H and O–H groups in total. The quantitative estimate of drug-likeness (QED) is 0.873. The Morgan fingerprint density at radius 1 is 1.38 bits per heavy atom. The molecule has 0 saturated carbocycles. The lowest BCUT2D eigenvalue weighted by Gasteiger charge is -2.26. The molecule has 3 nitrogen and oxygen atoms in total. The van der Waals surface area contributed by atoms with Gasteiger partial charge in [-0.2, -0.15) is 0 Å². The van der Waals surface area contributed by atoms with Crippen molar-refractivity contribution in [3.8, 4) is 0 Å². The smallest absolute Gasteiger partial charge is 0.0416 e. The van der Waals surface area contributed by atoms with Crippen LogP contribution in [0.2, 0.25) is 0 Å². The Balaban J connectivity index is 2.27. The predicted octanol–water partition coefficient (Wildman–Crippen LogP) is 3.51. The molecule has 0 aliphatic carbocycles. The summed E-state index contributed by atoms with van der Waals surface area (Å²) in [6.45, 7) is 10.0. The van der Waals surface area contributed by atoms with Crippen LogP contribution in [0.1, 0.15) is 32.4 Å². The average Bonchev–Trinajstić information content (AvgIpc) is 2.81. The first-order valence-corrected chi connectivity index (χ1v) is 8.67. The van der Waals surface area contributed by atoms with E-state index in [1.165, 1.54) is 11.3 Å². The fraction of sp³-hybridized carbons (Fsp3) is 0.647. The number of likely N-dealkylation sites (N-methyl/N-ethyl adjacent to an activating group) is 1. The first-order valence-electron chi connectivity index (χ1n) is 7.88. The van der Waals surface area contributed by atoms with Gasteiger partial charge in [0.15, 0.2) is 0 Å². The zero-order chi connectivity index (χ0) is 15.6. The van der Waals surface area contributed by atoms with Crippen molar-refractivity contribution in [1.29, 1.82) is 0 Å². The number of nitrogens with zero attached hydrogens (tertiary/aromatic N) is 2. The van der Waals surface area contributed by atoms with E-state index < -0.39 is 0 Å². The highest BCUT2D eigenvalue weighted by Gasteiger charge is 2.32. The second-order valence-corrected chi connectivity index (χ2v) is 7.31. The highest BCUT2D eigenvalue weighted by Crippen LogP contribution is 2.33. The van der Waals surface area contributed by atoms with Crippen molar-refractivity contribution in [3.63, 3.8) is 0 Å². The van der Waals surface area contributed by atoms with Crippen LogP contribution >= 0.6 is 15.9 Å². The molecule has 4 heteroatoms. The fourth-order valence-electron chi connectivity index (χ4n) is 3.39. The van der Waals surface area contributed by atoms with Gasteiger partial charge in [0.05, 0.1) is 0 Å². The maximum Gasteiger partial charge on any atom is 0.0416 e. The molecule has 21 heavy (non-hydrogen) atoms. The van der Waals surface area contributed by atoms with E-state index in [9.17, 15) is 0 Å². The van der Waals surface area contributed by atoms with Crippen LogP contribution < -0.4 is 10.2 Å². The number of hydrogen-bond donors (Lipinski definition) is 1. The zero-order valence-corrected chi connectivity index (χ0v) is 15.4. The zero-order valence-electron chi connectivity index (χ0n) is 13.9. The van der Waals surface area contributed by atoms with Crippen LogP contribution in [0.4, 0.5) is 5.69 Å². The monoisotopic (exact) mass is 353 g/mol. The highest BCUT2D eigenvalue weighted by molar-refractivity contribution is 9.10. The van der Waals surface area contributed by atoms with Crippen molar-refractivity contribution < 1.29 is 0 Å². The fourth-order valence-corrected chi connectivity index (χ4v) is 3.77. The summed E-state index contributed by atoms with van der Waals surface area (Å²) >= 11 is 3.62. The Morgan fingerprint density at radius 3 is 2.67 bits per heavy atom. The molecule has 1 aromatic rings. The van der Waals surface area contributed by atoms with Crippen LogP contribution in [0.15, 0.2) is 22.7 Å². The Morgan fingerprint density at radius 2 is 2.10 bits per heavy atom. The van der Waals surface area contributed by atoms with Crippen LogP contribution in [0, 0.1) is 5.92 Å². The van der Waals surface area contributed by atoms with E-state index in [4.69, 9.17) is 0 Å². The molecule has 1 saturated heterocycles. The molecular formula is C17H28BrN3. The van der Waals surface area contributed by atoms with E-state index in [0.29, 0.717) is 18.0 Å². The summed E-state index contributed by atoms with van der Waals surface area (Å²) in [6, 6.07) is 7.69. The lowest BCUT2D eigenvalue weighted by atomic mass is 10.1. The standard InChI is InChI=1S/C17H28BrN3/c1-6-19-13(3)15-9-14(18)7-8-16(15)21-10-12(2)17(11-21)20(4)5/h7-9,12-13,17,19H,6,10-11H2,1-5H3. The third kappa shape index (κ3) is 3.79. The molecule has 0 radical (unpaired) electrons. The van der Waals surface area contributed by atoms with Crippen molar-refractivity contribution in [2.24, 2.45) is 5.92 Å². The topological polar surface area (TPSA) is 18.5 Å². The normalized spacial score (nSPS) is 23.9. The van der Waals surface area contributed by atoms with E-state index in [0.717, 1.165) is 24.1 Å². The van der Waals surface area contributed by atoms with Crippen LogP contribution in [0.3, 0.4) is 0 Å². The summed E-state index contributed by atoms with van der Waals surface area (Å²) in [5.74, 6) is 0.700. The number of hydrogen-bond acceptors (Lipinski definition) is 3. The molecule has 0 aromatic heterocycles. The third-order valence-electron chi connectivity index (χ3n) is 4.54. The van der Waals surface area contributed by atoms with Crippen LogP contribution in [-0.2, 0) is 0 Å². The molecule has 0 amide bonds. The molecular weight excluding hydrogens is 326 g/mol. The summed E-state index contributed by atoms with van der Waals surface area (Å²) < 4.78 is 1.16. The summed E-state index contributed by atoms with van der Waals surface area (Å²) in [6.07, 6.45) is 0. The van der Waals surface area contributed by atoms with Crippen molar-refractivity contribution in [1.82, 2.24) is 10.2 Å². The number of anilines is 1. The number of benzene rings is 1. The minimum atomic E-state index is 0.371. The minimum absolute atomic E-state index is 0.371. The van der Waals surface area contributed by atoms with Crippen molar-refractivity contribution >= 4 is 21.6 Å². The molecule has 3 atom stereocenters. The molecule has 0 bridgehead atoms. The average molecular weight is 354 g/mol. The van der Waals surface area contributed by atoms with Crippen molar-refractivity contribution in [3.05, 3.63) is 28.2 Å². The molecule has 1 aliphatic heterocycles. The molecule has 1 heterocycles. The van der Waals surface area contributed by atoms with Gasteiger partial charge in [-0.05, 0) is 57.2 Å². The van der Waals surface area contributed by atoms with E-state index in [1.807, 2.05) is 0 Å². The second kappa shape index (κ2) is 7.12. The highest BCUT2D eigenvalue weighted by atomic mass is 79.9. The lowest BCUT2D eigenvalue weighted by Crippen LogP contribution is -2.34. The number of rotatable bonds is 5. The molecule has 1 fully saturated rings. The number of nitrogens with one attached hydrogen (secondary N) is 1. The molecule has 1 aromatic carbocycles. The van der Waals surface area contributed by atoms with Crippen molar-refractivity contribution in [2.45, 2.75) is 32.9 Å². The third-order valence-corrected chi connectivity index (χ3v) is 5.04. The van der Waals surface area contributed by atoms with E-state index in [-0.39, 0.29) is 0 Å². The maximum absolute atomic E-state index is 3.62. The summed E-state index contributed by atoms with van der Waals surface area (Å²) in [7, 11) is 4.38. The Kier molecular flexibility index (Phi) is 5.69. The summed E-state index contributed by atoms with van der Waals surface area (Å²) in [5, 5.41) is 3.54. The van der Waals surface area contributed by atoms with Gasteiger partial charge < -0.3 is 15.1 Å². The van der Waals surface area contributed by atoms with Crippen molar-refractivity contribution in [2.75, 3.05) is 38.6 Å². The van der Waals surface area contributed by atoms with E-state index in [2.05, 4.69) is 84.1 Å². The van der Waals surface area contributed by atoms with Crippen LogP contribution in [-0.4, -0.2) is 44.7 Å². The molecule has 118 valence electrons. The van der Waals surface area contributed by atoms with E-state index >= 15 is 0 Å². The summed E-state index contributed by atoms with van der Waals surface area (Å²) in [4.78, 5) is 4.90. The van der Waals surface area contributed by atoms with E-state index in [1.54, 1.807) is 0 Å². The maximum atomic E-state index is 3.62.